The van der Waals surface area contributed by atoms with E-state index in [4.69, 9.17) is 0 Å². The van der Waals surface area contributed by atoms with Crippen molar-refractivity contribution in [3.8, 4) is 0 Å². The molecular formula is C14H19N3O. The number of benzene rings is 1. The van der Waals surface area contributed by atoms with Gasteiger partial charge in [0.25, 0.3) is 0 Å². The zero-order chi connectivity index (χ0) is 12.8. The van der Waals surface area contributed by atoms with Crippen molar-refractivity contribution >= 4 is 0 Å². The first-order chi connectivity index (χ1) is 8.75. The van der Waals surface area contributed by atoms with Crippen molar-refractivity contribution in [2.45, 2.75) is 25.6 Å². The predicted octanol–water partition coefficient (Wildman–Crippen LogP) is 1.59. The van der Waals surface area contributed by atoms with Gasteiger partial charge in [-0.2, -0.15) is 5.10 Å². The average molecular weight is 245 g/mol. The van der Waals surface area contributed by atoms with Gasteiger partial charge in [0, 0.05) is 25.0 Å². The van der Waals surface area contributed by atoms with Crippen molar-refractivity contribution in [3.05, 3.63) is 54.4 Å². The van der Waals surface area contributed by atoms with Crippen LogP contribution in [0.5, 0.6) is 0 Å². The molecule has 0 aliphatic heterocycles. The summed E-state index contributed by atoms with van der Waals surface area (Å²) in [6.07, 6.45) is 3.24. The summed E-state index contributed by atoms with van der Waals surface area (Å²) >= 11 is 0. The van der Waals surface area contributed by atoms with Crippen molar-refractivity contribution in [2.24, 2.45) is 0 Å². The molecule has 4 nitrogen and oxygen atoms in total. The fourth-order valence-corrected chi connectivity index (χ4v) is 1.86. The second-order valence-electron chi connectivity index (χ2n) is 4.46. The maximum Gasteiger partial charge on any atom is 0.0914 e. The smallest absolute Gasteiger partial charge is 0.0914 e. The summed E-state index contributed by atoms with van der Waals surface area (Å²) < 4.78 is 1.88. The zero-order valence-electron chi connectivity index (χ0n) is 10.5. The lowest BCUT2D eigenvalue weighted by atomic mass is 10.1. The van der Waals surface area contributed by atoms with Crippen molar-refractivity contribution in [3.63, 3.8) is 0 Å². The van der Waals surface area contributed by atoms with Crippen molar-refractivity contribution < 1.29 is 5.11 Å². The molecule has 18 heavy (non-hydrogen) atoms. The Morgan fingerprint density at radius 1 is 1.28 bits per heavy atom. The van der Waals surface area contributed by atoms with E-state index < -0.39 is 6.10 Å². The first kappa shape index (κ1) is 12.8. The van der Waals surface area contributed by atoms with E-state index in [0.29, 0.717) is 6.54 Å². The summed E-state index contributed by atoms with van der Waals surface area (Å²) in [5.74, 6) is 0. The van der Waals surface area contributed by atoms with E-state index in [1.807, 2.05) is 47.3 Å². The Bertz CT molecular complexity index is 441. The van der Waals surface area contributed by atoms with Crippen LogP contribution in [-0.2, 0) is 6.54 Å². The molecule has 1 heterocycles. The van der Waals surface area contributed by atoms with E-state index in [-0.39, 0.29) is 6.04 Å². The Morgan fingerprint density at radius 2 is 2.06 bits per heavy atom. The fraction of sp³-hybridized carbons (Fsp3) is 0.357. The third kappa shape index (κ3) is 3.68. The summed E-state index contributed by atoms with van der Waals surface area (Å²) in [5, 5.41) is 17.5. The lowest BCUT2D eigenvalue weighted by molar-refractivity contribution is 0.169. The maximum atomic E-state index is 10.0. The molecule has 1 aromatic carbocycles. The molecule has 0 saturated heterocycles. The molecule has 0 saturated carbocycles. The average Bonchev–Trinajstić information content (AvgIpc) is 2.90. The van der Waals surface area contributed by atoms with Crippen molar-refractivity contribution in [1.82, 2.24) is 15.1 Å². The molecule has 0 aliphatic carbocycles. The number of rotatable bonds is 6. The van der Waals surface area contributed by atoms with E-state index in [1.165, 1.54) is 0 Å². The van der Waals surface area contributed by atoms with Crippen LogP contribution in [0.1, 0.15) is 18.6 Å². The number of nitrogens with zero attached hydrogens (tertiary/aromatic N) is 2. The molecule has 2 N–H and O–H groups in total. The van der Waals surface area contributed by atoms with Crippen molar-refractivity contribution in [2.75, 3.05) is 6.54 Å². The monoisotopic (exact) mass is 245 g/mol. The molecule has 4 heteroatoms. The summed E-state index contributed by atoms with van der Waals surface area (Å²) in [7, 11) is 0. The quantitative estimate of drug-likeness (QED) is 0.812. The van der Waals surface area contributed by atoms with Crippen LogP contribution in [0.15, 0.2) is 48.8 Å². The largest absolute Gasteiger partial charge is 0.387 e. The molecule has 2 rings (SSSR count). The highest BCUT2D eigenvalue weighted by molar-refractivity contribution is 5.17. The Kier molecular flexibility index (Phi) is 4.50. The molecular weight excluding hydrogens is 226 g/mol. The van der Waals surface area contributed by atoms with E-state index in [9.17, 15) is 5.11 Å². The first-order valence-electron chi connectivity index (χ1n) is 6.19. The molecule has 0 radical (unpaired) electrons. The van der Waals surface area contributed by atoms with E-state index in [0.717, 1.165) is 12.1 Å². The minimum absolute atomic E-state index is 0.267. The molecule has 0 amide bonds. The molecule has 1 aromatic heterocycles. The van der Waals surface area contributed by atoms with E-state index >= 15 is 0 Å². The van der Waals surface area contributed by atoms with Gasteiger partial charge in [-0.3, -0.25) is 4.68 Å². The molecule has 0 bridgehead atoms. The number of hydrogen-bond donors (Lipinski definition) is 2. The minimum atomic E-state index is -0.466. The highest BCUT2D eigenvalue weighted by Gasteiger charge is 2.09. The van der Waals surface area contributed by atoms with Crippen LogP contribution < -0.4 is 5.32 Å². The Hall–Kier alpha value is -1.65. The molecule has 0 aliphatic rings. The van der Waals surface area contributed by atoms with E-state index in [1.54, 1.807) is 6.20 Å². The maximum absolute atomic E-state index is 10.0. The SMILES string of the molecule is CC(Cn1cccn1)NCC(O)c1ccccc1. The molecule has 2 aromatic rings. The first-order valence-corrected chi connectivity index (χ1v) is 6.19. The van der Waals surface area contributed by atoms with Gasteiger partial charge in [0.2, 0.25) is 0 Å². The molecule has 0 fully saturated rings. The standard InChI is InChI=1S/C14H19N3O/c1-12(11-17-9-5-8-16-17)15-10-14(18)13-6-3-2-4-7-13/h2-9,12,14-15,18H,10-11H2,1H3. The molecule has 0 spiro atoms. The van der Waals surface area contributed by atoms with Gasteiger partial charge in [-0.15, -0.1) is 0 Å². The van der Waals surface area contributed by atoms with Gasteiger partial charge in [-0.05, 0) is 18.6 Å². The second-order valence-corrected chi connectivity index (χ2v) is 4.46. The minimum Gasteiger partial charge on any atom is -0.387 e. The van der Waals surface area contributed by atoms with Gasteiger partial charge in [-0.25, -0.2) is 0 Å². The van der Waals surface area contributed by atoms with Crippen LogP contribution in [-0.4, -0.2) is 27.5 Å². The molecule has 2 atom stereocenters. The second kappa shape index (κ2) is 6.33. The Balaban J connectivity index is 1.77. The summed E-state index contributed by atoms with van der Waals surface area (Å²) in [6.45, 7) is 3.43. The fourth-order valence-electron chi connectivity index (χ4n) is 1.86. The number of aliphatic hydroxyl groups excluding tert-OH is 1. The lowest BCUT2D eigenvalue weighted by Crippen LogP contribution is -2.33. The lowest BCUT2D eigenvalue weighted by Gasteiger charge is -2.17. The summed E-state index contributed by atoms with van der Waals surface area (Å²) in [6, 6.07) is 11.9. The van der Waals surface area contributed by atoms with Crippen LogP contribution in [0.4, 0.5) is 0 Å². The predicted molar refractivity (Wildman–Crippen MR) is 71.1 cm³/mol. The van der Waals surface area contributed by atoms with Crippen molar-refractivity contribution in [1.29, 1.82) is 0 Å². The Labute approximate surface area is 107 Å². The number of aromatic nitrogens is 2. The normalized spacial score (nSPS) is 14.3. The third-order valence-electron chi connectivity index (χ3n) is 2.86. The van der Waals surface area contributed by atoms with Gasteiger partial charge in [-0.1, -0.05) is 30.3 Å². The molecule has 96 valence electrons. The molecule has 2 unspecified atom stereocenters. The van der Waals surface area contributed by atoms with Crippen LogP contribution >= 0.6 is 0 Å². The van der Waals surface area contributed by atoms with Gasteiger partial charge < -0.3 is 10.4 Å². The summed E-state index contributed by atoms with van der Waals surface area (Å²) in [5.41, 5.74) is 0.941. The van der Waals surface area contributed by atoms with Gasteiger partial charge in [0.15, 0.2) is 0 Å². The van der Waals surface area contributed by atoms with Gasteiger partial charge in [0.05, 0.1) is 12.6 Å². The van der Waals surface area contributed by atoms with E-state index in [2.05, 4.69) is 17.3 Å². The van der Waals surface area contributed by atoms with Crippen LogP contribution in [0.25, 0.3) is 0 Å². The van der Waals surface area contributed by atoms with Crippen LogP contribution in [0, 0.1) is 0 Å². The highest BCUT2D eigenvalue weighted by Crippen LogP contribution is 2.10. The van der Waals surface area contributed by atoms with Crippen LogP contribution in [0.2, 0.25) is 0 Å². The van der Waals surface area contributed by atoms with Gasteiger partial charge >= 0.3 is 0 Å². The topological polar surface area (TPSA) is 50.1 Å². The van der Waals surface area contributed by atoms with Gasteiger partial charge in [0.1, 0.15) is 0 Å². The highest BCUT2D eigenvalue weighted by atomic mass is 16.3. The Morgan fingerprint density at radius 3 is 2.72 bits per heavy atom. The summed E-state index contributed by atoms with van der Waals surface area (Å²) in [4.78, 5) is 0. The third-order valence-corrected chi connectivity index (χ3v) is 2.86. The number of nitrogens with one attached hydrogen (secondary N) is 1. The zero-order valence-corrected chi connectivity index (χ0v) is 10.5. The van der Waals surface area contributed by atoms with Crippen LogP contribution in [0.3, 0.4) is 0 Å². The number of hydrogen-bond acceptors (Lipinski definition) is 3. The number of aliphatic hydroxyl groups is 1.